The van der Waals surface area contributed by atoms with Crippen LogP contribution in [-0.4, -0.2) is 64.0 Å². The van der Waals surface area contributed by atoms with Gasteiger partial charge in [-0.15, -0.1) is 5.10 Å². The van der Waals surface area contributed by atoms with E-state index in [4.69, 9.17) is 21.1 Å². The quantitative estimate of drug-likeness (QED) is 0.381. The molecule has 8 nitrogen and oxygen atoms in total. The molecule has 2 bridgehead atoms. The van der Waals surface area contributed by atoms with Gasteiger partial charge in [-0.2, -0.15) is 4.68 Å². The lowest BCUT2D eigenvalue weighted by Gasteiger charge is -2.34. The van der Waals surface area contributed by atoms with Crippen molar-refractivity contribution < 1.29 is 14.3 Å². The van der Waals surface area contributed by atoms with Crippen LogP contribution in [0.15, 0.2) is 47.3 Å². The molecule has 2 aromatic carbocycles. The van der Waals surface area contributed by atoms with Crippen LogP contribution in [0.5, 0.6) is 5.75 Å². The Balaban J connectivity index is 1.45. The lowest BCUT2D eigenvalue weighted by atomic mass is 10.1. The highest BCUT2D eigenvalue weighted by molar-refractivity contribution is 6.30. The number of ether oxygens (including phenoxy) is 2. The Kier molecular flexibility index (Phi) is 8.02. The number of carbonyl (C=O) groups excluding carboxylic acids is 1. The Labute approximate surface area is 228 Å². The van der Waals surface area contributed by atoms with Crippen LogP contribution >= 0.6 is 11.6 Å². The van der Waals surface area contributed by atoms with Gasteiger partial charge in [0.05, 0.1) is 32.6 Å². The van der Waals surface area contributed by atoms with Gasteiger partial charge in [0, 0.05) is 41.7 Å². The minimum absolute atomic E-state index is 0.0186. The summed E-state index contributed by atoms with van der Waals surface area (Å²) in [7, 11) is 1.64. The number of halogens is 1. The van der Waals surface area contributed by atoms with E-state index in [-0.39, 0.29) is 23.9 Å². The molecule has 2 aliphatic rings. The standard InChI is InChI=1S/C29H35ClN4O4/c1-19(2)13-26(35)16-33-28(21-5-4-6-22(30)14-21)31-34(29(33)36)23-8-7-20(27(15-23)37-3)11-12-32-24-9-10-25(32)18-38-17-24/h4-8,14-15,19,24-25H,9-13,16-18H2,1-3H3. The summed E-state index contributed by atoms with van der Waals surface area (Å²) in [5.41, 5.74) is 1.96. The summed E-state index contributed by atoms with van der Waals surface area (Å²) in [5.74, 6) is 1.30. The monoisotopic (exact) mass is 538 g/mol. The first-order chi connectivity index (χ1) is 18.3. The number of methoxy groups -OCH3 is 1. The first-order valence-corrected chi connectivity index (χ1v) is 13.7. The Morgan fingerprint density at radius 1 is 1.16 bits per heavy atom. The molecular formula is C29H35ClN4O4. The topological polar surface area (TPSA) is 78.6 Å². The number of morpholine rings is 1. The number of hydrogen-bond acceptors (Lipinski definition) is 6. The largest absolute Gasteiger partial charge is 0.496 e. The average molecular weight is 539 g/mol. The van der Waals surface area contributed by atoms with Gasteiger partial charge in [0.25, 0.3) is 0 Å². The zero-order valence-electron chi connectivity index (χ0n) is 22.2. The first-order valence-electron chi connectivity index (χ1n) is 13.3. The summed E-state index contributed by atoms with van der Waals surface area (Å²) in [6, 6.07) is 13.9. The molecule has 202 valence electrons. The second-order valence-electron chi connectivity index (χ2n) is 10.7. The third kappa shape index (κ3) is 5.58. The second kappa shape index (κ2) is 11.4. The van der Waals surface area contributed by atoms with Gasteiger partial charge in [0.15, 0.2) is 11.6 Å². The molecule has 0 saturated carbocycles. The van der Waals surface area contributed by atoms with E-state index < -0.39 is 0 Å². The Morgan fingerprint density at radius 3 is 2.61 bits per heavy atom. The van der Waals surface area contributed by atoms with Crippen molar-refractivity contribution in [1.29, 1.82) is 0 Å². The lowest BCUT2D eigenvalue weighted by molar-refractivity contribution is -0.120. The summed E-state index contributed by atoms with van der Waals surface area (Å²) < 4.78 is 14.2. The average Bonchev–Trinajstić information content (AvgIpc) is 3.32. The van der Waals surface area contributed by atoms with E-state index in [1.54, 1.807) is 25.3 Å². The summed E-state index contributed by atoms with van der Waals surface area (Å²) in [6.45, 7) is 6.49. The van der Waals surface area contributed by atoms with Crippen molar-refractivity contribution in [3.63, 3.8) is 0 Å². The molecule has 0 amide bonds. The van der Waals surface area contributed by atoms with Crippen molar-refractivity contribution in [2.24, 2.45) is 5.92 Å². The number of benzene rings is 2. The molecule has 5 rings (SSSR count). The smallest absolute Gasteiger partial charge is 0.351 e. The minimum Gasteiger partial charge on any atom is -0.496 e. The number of Topliss-reactive ketones (excluding diaryl/α,β-unsaturated/α-hetero) is 1. The number of rotatable bonds is 10. The summed E-state index contributed by atoms with van der Waals surface area (Å²) in [4.78, 5) is 28.9. The lowest BCUT2D eigenvalue weighted by Crippen LogP contribution is -2.46. The van der Waals surface area contributed by atoms with Gasteiger partial charge >= 0.3 is 5.69 Å². The van der Waals surface area contributed by atoms with Gasteiger partial charge in [-0.25, -0.2) is 4.79 Å². The van der Waals surface area contributed by atoms with Crippen LogP contribution in [0.2, 0.25) is 5.02 Å². The molecular weight excluding hydrogens is 504 g/mol. The van der Waals surface area contributed by atoms with Crippen LogP contribution < -0.4 is 10.4 Å². The normalized spacial score (nSPS) is 19.3. The molecule has 0 radical (unpaired) electrons. The fourth-order valence-electron chi connectivity index (χ4n) is 5.64. The molecule has 2 aliphatic heterocycles. The molecule has 2 unspecified atom stereocenters. The van der Waals surface area contributed by atoms with E-state index in [1.165, 1.54) is 22.1 Å². The fraction of sp³-hybridized carbons (Fsp3) is 0.483. The van der Waals surface area contributed by atoms with Crippen molar-refractivity contribution in [3.05, 3.63) is 63.5 Å². The predicted octanol–water partition coefficient (Wildman–Crippen LogP) is 4.38. The van der Waals surface area contributed by atoms with E-state index in [1.807, 2.05) is 38.1 Å². The summed E-state index contributed by atoms with van der Waals surface area (Å²) in [5, 5.41) is 5.19. The van der Waals surface area contributed by atoms with Crippen LogP contribution in [0.4, 0.5) is 0 Å². The van der Waals surface area contributed by atoms with E-state index in [0.29, 0.717) is 46.4 Å². The van der Waals surface area contributed by atoms with E-state index in [9.17, 15) is 9.59 Å². The van der Waals surface area contributed by atoms with Crippen molar-refractivity contribution in [3.8, 4) is 22.8 Å². The molecule has 0 spiro atoms. The maximum absolute atomic E-state index is 13.6. The molecule has 9 heteroatoms. The third-order valence-electron chi connectivity index (χ3n) is 7.46. The number of ketones is 1. The molecule has 38 heavy (non-hydrogen) atoms. The van der Waals surface area contributed by atoms with Gasteiger partial charge in [-0.1, -0.05) is 43.6 Å². The molecule has 2 atom stereocenters. The number of nitrogens with zero attached hydrogens (tertiary/aromatic N) is 4. The fourth-order valence-corrected chi connectivity index (χ4v) is 5.83. The Hall–Kier alpha value is -2.94. The molecule has 3 heterocycles. The first kappa shape index (κ1) is 26.7. The number of hydrogen-bond donors (Lipinski definition) is 0. The molecule has 0 N–H and O–H groups in total. The zero-order chi connectivity index (χ0) is 26.8. The van der Waals surface area contributed by atoms with Crippen LogP contribution in [0.1, 0.15) is 38.7 Å². The summed E-state index contributed by atoms with van der Waals surface area (Å²) >= 11 is 6.23. The Bertz CT molecular complexity index is 1350. The van der Waals surface area contributed by atoms with Gasteiger partial charge in [0.2, 0.25) is 0 Å². The molecule has 2 saturated heterocycles. The van der Waals surface area contributed by atoms with Crippen LogP contribution in [0.25, 0.3) is 17.1 Å². The van der Waals surface area contributed by atoms with E-state index in [0.717, 1.165) is 31.7 Å². The van der Waals surface area contributed by atoms with Gasteiger partial charge < -0.3 is 9.47 Å². The second-order valence-corrected chi connectivity index (χ2v) is 11.1. The molecule has 1 aromatic heterocycles. The maximum Gasteiger partial charge on any atom is 0.351 e. The predicted molar refractivity (Wildman–Crippen MR) is 147 cm³/mol. The highest BCUT2D eigenvalue weighted by Crippen LogP contribution is 2.30. The van der Waals surface area contributed by atoms with E-state index >= 15 is 0 Å². The molecule has 3 aromatic rings. The highest BCUT2D eigenvalue weighted by Gasteiger charge is 2.36. The van der Waals surface area contributed by atoms with Crippen molar-refractivity contribution >= 4 is 17.4 Å². The zero-order valence-corrected chi connectivity index (χ0v) is 23.0. The van der Waals surface area contributed by atoms with Crippen LogP contribution in [-0.2, 0) is 22.5 Å². The minimum atomic E-state index is -0.378. The van der Waals surface area contributed by atoms with Crippen LogP contribution in [0, 0.1) is 5.92 Å². The van der Waals surface area contributed by atoms with Crippen molar-refractivity contribution in [2.75, 3.05) is 26.9 Å². The maximum atomic E-state index is 13.6. The van der Waals surface area contributed by atoms with Crippen molar-refractivity contribution in [2.45, 2.75) is 58.2 Å². The summed E-state index contributed by atoms with van der Waals surface area (Å²) in [6.07, 6.45) is 3.62. The van der Waals surface area contributed by atoms with Crippen LogP contribution in [0.3, 0.4) is 0 Å². The molecule has 2 fully saturated rings. The van der Waals surface area contributed by atoms with Gasteiger partial charge in [-0.3, -0.25) is 14.3 Å². The molecule has 0 aliphatic carbocycles. The van der Waals surface area contributed by atoms with Gasteiger partial charge in [0.1, 0.15) is 5.75 Å². The van der Waals surface area contributed by atoms with Crippen molar-refractivity contribution in [1.82, 2.24) is 19.2 Å². The number of carbonyl (C=O) groups is 1. The van der Waals surface area contributed by atoms with Gasteiger partial charge in [-0.05, 0) is 48.9 Å². The highest BCUT2D eigenvalue weighted by atomic mass is 35.5. The Morgan fingerprint density at radius 2 is 1.92 bits per heavy atom. The number of aromatic nitrogens is 3. The third-order valence-corrected chi connectivity index (χ3v) is 7.70. The number of fused-ring (bicyclic) bond motifs is 2. The SMILES string of the molecule is COc1cc(-n2nc(-c3cccc(Cl)c3)n(CC(=O)CC(C)C)c2=O)ccc1CCN1C2CCC1COC2. The van der Waals surface area contributed by atoms with E-state index in [2.05, 4.69) is 10.00 Å².